The van der Waals surface area contributed by atoms with Crippen molar-refractivity contribution in [1.82, 2.24) is 9.80 Å². The zero-order chi connectivity index (χ0) is 17.0. The number of benzene rings is 1. The molecule has 126 valence electrons. The normalized spacial score (nSPS) is 21.2. The molecular weight excluding hydrogens is 310 g/mol. The highest BCUT2D eigenvalue weighted by molar-refractivity contribution is 6.32. The van der Waals surface area contributed by atoms with Crippen LogP contribution >= 0.6 is 11.6 Å². The maximum atomic E-state index is 9.67. The van der Waals surface area contributed by atoms with Crippen LogP contribution in [0.2, 0.25) is 5.02 Å². The summed E-state index contributed by atoms with van der Waals surface area (Å²) in [6.07, 6.45) is 0.0769. The third kappa shape index (κ3) is 4.38. The predicted octanol–water partition coefficient (Wildman–Crippen LogP) is 3.72. The van der Waals surface area contributed by atoms with Gasteiger partial charge in [0, 0.05) is 25.7 Å². The quantitative estimate of drug-likeness (QED) is 0.822. The zero-order valence-electron chi connectivity index (χ0n) is 14.4. The van der Waals surface area contributed by atoms with E-state index >= 15 is 0 Å². The van der Waals surface area contributed by atoms with Gasteiger partial charge in [0.2, 0.25) is 0 Å². The summed E-state index contributed by atoms with van der Waals surface area (Å²) in [6, 6.07) is 8.32. The number of rotatable bonds is 5. The van der Waals surface area contributed by atoms with Crippen LogP contribution in [0, 0.1) is 11.3 Å². The van der Waals surface area contributed by atoms with E-state index in [0.717, 1.165) is 31.7 Å². The Bertz CT molecular complexity index is 570. The van der Waals surface area contributed by atoms with E-state index in [1.54, 1.807) is 0 Å². The number of likely N-dealkylation sites (N-methyl/N-ethyl adjacent to an activating group) is 1. The molecule has 1 heterocycles. The molecule has 0 amide bonds. The van der Waals surface area contributed by atoms with Crippen LogP contribution in [-0.2, 0) is 0 Å². The van der Waals surface area contributed by atoms with E-state index in [-0.39, 0.29) is 12.1 Å². The van der Waals surface area contributed by atoms with E-state index in [0.29, 0.717) is 16.8 Å². The molecule has 5 heteroatoms. The van der Waals surface area contributed by atoms with E-state index in [4.69, 9.17) is 16.3 Å². The monoisotopic (exact) mass is 335 g/mol. The van der Waals surface area contributed by atoms with Gasteiger partial charge in [-0.3, -0.25) is 9.80 Å². The molecule has 23 heavy (non-hydrogen) atoms. The van der Waals surface area contributed by atoms with Crippen LogP contribution in [0.4, 0.5) is 0 Å². The van der Waals surface area contributed by atoms with Crippen molar-refractivity contribution in [3.8, 4) is 11.8 Å². The minimum absolute atomic E-state index is 0.0769. The van der Waals surface area contributed by atoms with Gasteiger partial charge in [0.15, 0.2) is 0 Å². The first kappa shape index (κ1) is 18.1. The summed E-state index contributed by atoms with van der Waals surface area (Å²) in [4.78, 5) is 4.68. The molecule has 2 rings (SSSR count). The summed E-state index contributed by atoms with van der Waals surface area (Å²) < 4.78 is 5.67. The Balaban J connectivity index is 2.15. The van der Waals surface area contributed by atoms with E-state index in [9.17, 15) is 5.26 Å². The van der Waals surface area contributed by atoms with Crippen molar-refractivity contribution in [3.63, 3.8) is 0 Å². The lowest BCUT2D eigenvalue weighted by molar-refractivity contribution is 0.0729. The average Bonchev–Trinajstić information content (AvgIpc) is 2.50. The van der Waals surface area contributed by atoms with Gasteiger partial charge in [0.25, 0.3) is 0 Å². The molecule has 1 aliphatic rings. The molecule has 2 atom stereocenters. The van der Waals surface area contributed by atoms with Gasteiger partial charge in [-0.1, -0.05) is 24.6 Å². The van der Waals surface area contributed by atoms with Crippen molar-refractivity contribution in [2.24, 2.45) is 0 Å². The lowest BCUT2D eigenvalue weighted by Gasteiger charge is -2.41. The third-order valence-corrected chi connectivity index (χ3v) is 4.62. The molecule has 4 nitrogen and oxygen atoms in total. The van der Waals surface area contributed by atoms with Gasteiger partial charge >= 0.3 is 0 Å². The van der Waals surface area contributed by atoms with Gasteiger partial charge in [-0.2, -0.15) is 5.26 Å². The van der Waals surface area contributed by atoms with Crippen molar-refractivity contribution in [1.29, 1.82) is 5.26 Å². The van der Waals surface area contributed by atoms with E-state index in [2.05, 4.69) is 29.7 Å². The fourth-order valence-corrected chi connectivity index (χ4v) is 3.36. The van der Waals surface area contributed by atoms with Crippen molar-refractivity contribution < 1.29 is 4.74 Å². The summed E-state index contributed by atoms with van der Waals surface area (Å²) in [5.41, 5.74) is 0.936. The lowest BCUT2D eigenvalue weighted by Crippen LogP contribution is -2.52. The van der Waals surface area contributed by atoms with Gasteiger partial charge in [-0.05, 0) is 45.0 Å². The molecule has 0 aromatic heterocycles. The Kier molecular flexibility index (Phi) is 6.29. The Labute approximate surface area is 144 Å². The highest BCUT2D eigenvalue weighted by Gasteiger charge is 2.28. The van der Waals surface area contributed by atoms with Crippen molar-refractivity contribution in [3.05, 3.63) is 28.8 Å². The second-order valence-electron chi connectivity index (χ2n) is 6.36. The van der Waals surface area contributed by atoms with Gasteiger partial charge in [-0.25, -0.2) is 0 Å². The fourth-order valence-electron chi connectivity index (χ4n) is 3.13. The Morgan fingerprint density at radius 1 is 1.39 bits per heavy atom. The molecule has 0 N–H and O–H groups in total. The first-order valence-corrected chi connectivity index (χ1v) is 8.67. The first-order valence-electron chi connectivity index (χ1n) is 8.30. The highest BCUT2D eigenvalue weighted by Crippen LogP contribution is 2.31. The first-order chi connectivity index (χ1) is 11.0. The van der Waals surface area contributed by atoms with Crippen LogP contribution in [0.3, 0.4) is 0 Å². The van der Waals surface area contributed by atoms with Crippen LogP contribution < -0.4 is 4.74 Å². The zero-order valence-corrected chi connectivity index (χ0v) is 15.2. The number of hydrogen-bond acceptors (Lipinski definition) is 4. The number of hydrogen-bond donors (Lipinski definition) is 0. The standard InChI is InChI=1S/C18H26ClN3O/c1-5-21-8-9-22(12-14(21)4)17(11-20)15-6-7-18(16(19)10-15)23-13(2)3/h6-7,10,13-14,17H,5,8-9,12H2,1-4H3. The van der Waals surface area contributed by atoms with Gasteiger partial charge in [0.05, 0.1) is 17.2 Å². The molecule has 0 radical (unpaired) electrons. The summed E-state index contributed by atoms with van der Waals surface area (Å²) in [6.45, 7) is 12.2. The smallest absolute Gasteiger partial charge is 0.138 e. The number of nitrogens with zero attached hydrogens (tertiary/aromatic N) is 3. The van der Waals surface area contributed by atoms with E-state index < -0.39 is 0 Å². The fraction of sp³-hybridized carbons (Fsp3) is 0.611. The number of ether oxygens (including phenoxy) is 1. The molecule has 1 fully saturated rings. The maximum Gasteiger partial charge on any atom is 0.138 e. The maximum absolute atomic E-state index is 9.67. The Morgan fingerprint density at radius 2 is 2.13 bits per heavy atom. The van der Waals surface area contributed by atoms with Gasteiger partial charge < -0.3 is 4.74 Å². The molecule has 1 aromatic carbocycles. The van der Waals surface area contributed by atoms with Crippen LogP contribution in [-0.4, -0.2) is 48.1 Å². The summed E-state index contributed by atoms with van der Waals surface area (Å²) in [5, 5.41) is 10.2. The van der Waals surface area contributed by atoms with Crippen LogP contribution in [0.25, 0.3) is 0 Å². The highest BCUT2D eigenvalue weighted by atomic mass is 35.5. The summed E-state index contributed by atoms with van der Waals surface area (Å²) in [7, 11) is 0. The molecule has 0 saturated carbocycles. The van der Waals surface area contributed by atoms with Crippen molar-refractivity contribution in [2.45, 2.75) is 45.9 Å². The van der Waals surface area contributed by atoms with E-state index in [1.807, 2.05) is 32.0 Å². The second-order valence-corrected chi connectivity index (χ2v) is 6.77. The summed E-state index contributed by atoms with van der Waals surface area (Å²) in [5.74, 6) is 0.672. The second kappa shape index (κ2) is 8.01. The molecule has 0 bridgehead atoms. The molecular formula is C18H26ClN3O. The topological polar surface area (TPSA) is 39.5 Å². The largest absolute Gasteiger partial charge is 0.489 e. The predicted molar refractivity (Wildman–Crippen MR) is 93.9 cm³/mol. The summed E-state index contributed by atoms with van der Waals surface area (Å²) >= 11 is 6.33. The minimum atomic E-state index is -0.262. The minimum Gasteiger partial charge on any atom is -0.489 e. The Morgan fingerprint density at radius 3 is 2.65 bits per heavy atom. The lowest BCUT2D eigenvalue weighted by atomic mass is 10.0. The molecule has 0 spiro atoms. The third-order valence-electron chi connectivity index (χ3n) is 4.32. The van der Waals surface area contributed by atoms with Crippen LogP contribution in [0.5, 0.6) is 5.75 Å². The van der Waals surface area contributed by atoms with Crippen molar-refractivity contribution in [2.75, 3.05) is 26.2 Å². The van der Waals surface area contributed by atoms with E-state index in [1.165, 1.54) is 0 Å². The van der Waals surface area contributed by atoms with Gasteiger partial charge in [-0.15, -0.1) is 0 Å². The number of nitriles is 1. The van der Waals surface area contributed by atoms with Crippen LogP contribution in [0.1, 0.15) is 39.3 Å². The van der Waals surface area contributed by atoms with Crippen LogP contribution in [0.15, 0.2) is 18.2 Å². The SMILES string of the molecule is CCN1CCN(C(C#N)c2ccc(OC(C)C)c(Cl)c2)CC1C. The molecule has 1 saturated heterocycles. The molecule has 1 aromatic rings. The Hall–Kier alpha value is -1.28. The van der Waals surface area contributed by atoms with Gasteiger partial charge in [0.1, 0.15) is 11.8 Å². The molecule has 2 unspecified atom stereocenters. The molecule has 0 aliphatic carbocycles. The van der Waals surface area contributed by atoms with Crippen molar-refractivity contribution >= 4 is 11.6 Å². The number of piperazine rings is 1. The average molecular weight is 336 g/mol. The number of halogens is 1. The molecule has 1 aliphatic heterocycles.